The van der Waals surface area contributed by atoms with Crippen LogP contribution in [-0.2, 0) is 35.1 Å². The number of benzene rings is 2. The molecule has 1 saturated carbocycles. The van der Waals surface area contributed by atoms with Gasteiger partial charge in [0.25, 0.3) is 0 Å². The van der Waals surface area contributed by atoms with Crippen molar-refractivity contribution in [2.75, 3.05) is 0 Å². The van der Waals surface area contributed by atoms with E-state index in [2.05, 4.69) is 96.2 Å². The van der Waals surface area contributed by atoms with Crippen molar-refractivity contribution in [2.24, 2.45) is 0 Å². The zero-order valence-electron chi connectivity index (χ0n) is 22.2. The molecule has 0 saturated heterocycles. The molecule has 5 rings (SSSR count). The van der Waals surface area contributed by atoms with E-state index in [4.69, 9.17) is 0 Å². The Bertz CT molecular complexity index is 1070. The zero-order chi connectivity index (χ0) is 24.8. The first kappa shape index (κ1) is 27.1. The standard InChI is InChI=1S/C21H25.C7H12.C5H5.Zr/c1-20(2,3)16-9-7-14-11-15-8-10-17(21(4,5)6)13-19(15)18(14)12-16;1-2-4-6-7-5-3-1;1-2-4-5-3-1;/h7-13H,1-6H3;1-6H2;1-3H,4H2;/q-1;;-1;+2. The number of hydrogen-bond acceptors (Lipinski definition) is 0. The zero-order valence-corrected chi connectivity index (χ0v) is 24.7. The average molecular weight is 530 g/mol. The first-order valence-corrected chi connectivity index (χ1v) is 14.2. The van der Waals surface area contributed by atoms with Crippen molar-refractivity contribution < 1.29 is 24.2 Å². The number of hydrogen-bond donors (Lipinski definition) is 0. The van der Waals surface area contributed by atoms with Crippen LogP contribution >= 0.6 is 0 Å². The summed E-state index contributed by atoms with van der Waals surface area (Å²) in [4.78, 5) is 0. The molecule has 3 aromatic rings. The van der Waals surface area contributed by atoms with E-state index in [1.165, 1.54) is 71.2 Å². The van der Waals surface area contributed by atoms with Crippen LogP contribution in [0.4, 0.5) is 0 Å². The van der Waals surface area contributed by atoms with Crippen LogP contribution < -0.4 is 0 Å². The Kier molecular flexibility index (Phi) is 9.57. The average Bonchev–Trinajstić information content (AvgIpc) is 3.41. The Morgan fingerprint density at radius 2 is 1.24 bits per heavy atom. The van der Waals surface area contributed by atoms with E-state index in [-0.39, 0.29) is 10.8 Å². The van der Waals surface area contributed by atoms with Gasteiger partial charge in [-0.2, -0.15) is 6.08 Å². The van der Waals surface area contributed by atoms with E-state index in [1.54, 1.807) is 24.2 Å². The second-order valence-electron chi connectivity index (χ2n) is 11.8. The molecule has 0 heterocycles. The van der Waals surface area contributed by atoms with Crippen LogP contribution in [0, 0.1) is 6.08 Å². The molecule has 0 radical (unpaired) electrons. The van der Waals surface area contributed by atoms with Gasteiger partial charge in [-0.05, 0) is 10.8 Å². The maximum atomic E-state index is 2.99. The second-order valence-corrected chi connectivity index (χ2v) is 13.5. The maximum absolute atomic E-state index is 2.99. The molecule has 0 spiro atoms. The summed E-state index contributed by atoms with van der Waals surface area (Å²) in [5.41, 5.74) is 3.20. The summed E-state index contributed by atoms with van der Waals surface area (Å²) in [5, 5.41) is 5.49. The van der Waals surface area contributed by atoms with Gasteiger partial charge in [0.05, 0.1) is 0 Å². The van der Waals surface area contributed by atoms with E-state index in [0.717, 1.165) is 6.42 Å². The summed E-state index contributed by atoms with van der Waals surface area (Å²) in [6.07, 6.45) is 18.8. The van der Waals surface area contributed by atoms with Crippen LogP contribution in [0.2, 0.25) is 0 Å². The summed E-state index contributed by atoms with van der Waals surface area (Å²) in [6.45, 7) is 13.7. The van der Waals surface area contributed by atoms with Crippen molar-refractivity contribution in [3.05, 3.63) is 77.9 Å². The van der Waals surface area contributed by atoms with Crippen LogP contribution in [-0.4, -0.2) is 3.21 Å². The van der Waals surface area contributed by atoms with Gasteiger partial charge in [0.2, 0.25) is 0 Å². The molecular formula is C33H42Zr. The van der Waals surface area contributed by atoms with E-state index in [9.17, 15) is 0 Å². The summed E-state index contributed by atoms with van der Waals surface area (Å²) in [5.74, 6) is 0. The fourth-order valence-corrected chi connectivity index (χ4v) is 5.30. The van der Waals surface area contributed by atoms with Gasteiger partial charge in [0.1, 0.15) is 0 Å². The Morgan fingerprint density at radius 3 is 1.59 bits per heavy atom. The Labute approximate surface area is 223 Å². The Hall–Kier alpha value is -1.46. The predicted molar refractivity (Wildman–Crippen MR) is 149 cm³/mol. The molecule has 1 heteroatoms. The molecule has 2 aliphatic rings. The summed E-state index contributed by atoms with van der Waals surface area (Å²) >= 11 is 1.69. The molecule has 1 fully saturated rings. The van der Waals surface area contributed by atoms with Gasteiger partial charge in [-0.25, -0.2) is 12.2 Å². The van der Waals surface area contributed by atoms with E-state index in [1.807, 2.05) is 15.4 Å². The molecule has 0 unspecified atom stereocenters. The molecule has 0 atom stereocenters. The summed E-state index contributed by atoms with van der Waals surface area (Å²) in [7, 11) is 0. The second kappa shape index (κ2) is 12.0. The minimum absolute atomic E-state index is 0.194. The van der Waals surface area contributed by atoms with Crippen molar-refractivity contribution in [1.29, 1.82) is 0 Å². The fourth-order valence-electron chi connectivity index (χ4n) is 4.43. The van der Waals surface area contributed by atoms with Crippen molar-refractivity contribution >= 4 is 24.8 Å². The third-order valence-corrected chi connectivity index (χ3v) is 7.96. The molecule has 0 aliphatic heterocycles. The molecular weight excluding hydrogens is 488 g/mol. The predicted octanol–water partition coefficient (Wildman–Crippen LogP) is 9.67. The topological polar surface area (TPSA) is 0 Å². The van der Waals surface area contributed by atoms with Gasteiger partial charge in [-0.15, -0.1) is 46.2 Å². The summed E-state index contributed by atoms with van der Waals surface area (Å²) in [6, 6.07) is 16.1. The van der Waals surface area contributed by atoms with Gasteiger partial charge in [0.15, 0.2) is 0 Å². The number of rotatable bonds is 0. The van der Waals surface area contributed by atoms with Crippen LogP contribution in [0.1, 0.15) is 97.6 Å². The van der Waals surface area contributed by atoms with E-state index < -0.39 is 0 Å². The molecule has 0 N–H and O–H groups in total. The molecule has 0 aromatic heterocycles. The van der Waals surface area contributed by atoms with E-state index in [0.29, 0.717) is 0 Å². The van der Waals surface area contributed by atoms with Gasteiger partial charge in [-0.3, -0.25) is 6.08 Å². The van der Waals surface area contributed by atoms with Crippen LogP contribution in [0.25, 0.3) is 21.5 Å². The van der Waals surface area contributed by atoms with Crippen molar-refractivity contribution in [2.45, 2.75) is 97.3 Å². The third-order valence-electron chi connectivity index (χ3n) is 6.73. The quantitative estimate of drug-likeness (QED) is 0.201. The van der Waals surface area contributed by atoms with Crippen molar-refractivity contribution in [3.63, 3.8) is 0 Å². The monoisotopic (exact) mass is 528 g/mol. The molecule has 0 bridgehead atoms. The Balaban J connectivity index is 0.000000202. The third kappa shape index (κ3) is 7.78. The van der Waals surface area contributed by atoms with Crippen LogP contribution in [0.5, 0.6) is 0 Å². The normalized spacial score (nSPS) is 16.2. The first-order chi connectivity index (χ1) is 16.1. The van der Waals surface area contributed by atoms with Gasteiger partial charge in [0, 0.05) is 0 Å². The van der Waals surface area contributed by atoms with Gasteiger partial charge < -0.3 is 0 Å². The first-order valence-electron chi connectivity index (χ1n) is 13.0. The Morgan fingerprint density at radius 1 is 0.735 bits per heavy atom. The SMILES string of the molecule is CC(C)(C)c1ccc2[cH-]c3ccc(C(C)(C)C)cc3c2c1.[C-]1=CC=CC1.[Zr+2]=[C]1CCCCCC1. The van der Waals surface area contributed by atoms with Crippen LogP contribution in [0.15, 0.2) is 60.7 Å². The summed E-state index contributed by atoms with van der Waals surface area (Å²) < 4.78 is 1.81. The number of allylic oxidation sites excluding steroid dienone is 4. The van der Waals surface area contributed by atoms with Gasteiger partial charge in [-0.1, -0.05) is 76.9 Å². The van der Waals surface area contributed by atoms with Crippen LogP contribution in [0.3, 0.4) is 0 Å². The van der Waals surface area contributed by atoms with Crippen molar-refractivity contribution in [3.8, 4) is 0 Å². The molecule has 2 aliphatic carbocycles. The molecule has 0 nitrogen and oxygen atoms in total. The van der Waals surface area contributed by atoms with Gasteiger partial charge >= 0.3 is 66.0 Å². The fraction of sp³-hybridized carbons (Fsp3) is 0.455. The van der Waals surface area contributed by atoms with Crippen molar-refractivity contribution in [1.82, 2.24) is 0 Å². The number of fused-ring (bicyclic) bond motifs is 3. The molecule has 3 aromatic carbocycles. The molecule has 34 heavy (non-hydrogen) atoms. The minimum atomic E-state index is 0.194. The molecule has 0 amide bonds. The van der Waals surface area contributed by atoms with E-state index >= 15 is 0 Å². The molecule has 178 valence electrons.